The molecule has 21 heavy (non-hydrogen) atoms. The van der Waals surface area contributed by atoms with Gasteiger partial charge in [0, 0.05) is 18.4 Å². The summed E-state index contributed by atoms with van der Waals surface area (Å²) in [5.41, 5.74) is 2.18. The molecule has 0 unspecified atom stereocenters. The molecular formula is C15H19N3O2S. The first kappa shape index (κ1) is 15.3. The Hall–Kier alpha value is -2.08. The van der Waals surface area contributed by atoms with Gasteiger partial charge in [0.2, 0.25) is 0 Å². The summed E-state index contributed by atoms with van der Waals surface area (Å²) in [6.07, 6.45) is 2.38. The van der Waals surface area contributed by atoms with Gasteiger partial charge in [-0.05, 0) is 43.2 Å². The summed E-state index contributed by atoms with van der Waals surface area (Å²) in [4.78, 5) is 3.99. The van der Waals surface area contributed by atoms with Crippen LogP contribution in [0.25, 0.3) is 0 Å². The number of nitrogens with zero attached hydrogens (tertiary/aromatic N) is 1. The van der Waals surface area contributed by atoms with E-state index >= 15 is 0 Å². The van der Waals surface area contributed by atoms with Gasteiger partial charge < -0.3 is 5.32 Å². The molecule has 5 nitrogen and oxygen atoms in total. The predicted molar refractivity (Wildman–Crippen MR) is 85.0 cm³/mol. The molecule has 0 radical (unpaired) electrons. The van der Waals surface area contributed by atoms with Gasteiger partial charge in [-0.15, -0.1) is 0 Å². The van der Waals surface area contributed by atoms with Gasteiger partial charge in [0.1, 0.15) is 0 Å². The van der Waals surface area contributed by atoms with Crippen LogP contribution >= 0.6 is 0 Å². The molecule has 1 aromatic carbocycles. The minimum atomic E-state index is -3.71. The minimum absolute atomic E-state index is 0.00594. The van der Waals surface area contributed by atoms with Gasteiger partial charge in [-0.25, -0.2) is 4.98 Å². The molecule has 0 saturated heterocycles. The van der Waals surface area contributed by atoms with Crippen molar-refractivity contribution in [3.63, 3.8) is 0 Å². The van der Waals surface area contributed by atoms with E-state index in [1.165, 1.54) is 6.20 Å². The van der Waals surface area contributed by atoms with Crippen LogP contribution in [0.5, 0.6) is 0 Å². The SMILES string of the molecule is CCNc1cccnc1S(=O)(=O)Nc1ccc(CC)cc1. The first-order chi connectivity index (χ1) is 10.1. The molecule has 0 fully saturated rings. The van der Waals surface area contributed by atoms with Gasteiger partial charge in [0.25, 0.3) is 10.0 Å². The zero-order valence-corrected chi connectivity index (χ0v) is 12.9. The average molecular weight is 305 g/mol. The number of anilines is 2. The van der Waals surface area contributed by atoms with Gasteiger partial charge in [0.15, 0.2) is 5.03 Å². The van der Waals surface area contributed by atoms with Gasteiger partial charge in [-0.1, -0.05) is 19.1 Å². The lowest BCUT2D eigenvalue weighted by Crippen LogP contribution is -2.17. The van der Waals surface area contributed by atoms with Crippen molar-refractivity contribution in [1.29, 1.82) is 0 Å². The molecule has 2 aromatic rings. The second kappa shape index (κ2) is 6.58. The van der Waals surface area contributed by atoms with E-state index in [4.69, 9.17) is 0 Å². The summed E-state index contributed by atoms with van der Waals surface area (Å²) in [6.45, 7) is 4.58. The number of pyridine rings is 1. The van der Waals surface area contributed by atoms with E-state index in [1.807, 2.05) is 19.1 Å². The number of aryl methyl sites for hydroxylation is 1. The Balaban J connectivity index is 2.29. The summed E-state index contributed by atoms with van der Waals surface area (Å²) in [6, 6.07) is 10.7. The van der Waals surface area contributed by atoms with E-state index in [9.17, 15) is 8.42 Å². The molecule has 2 N–H and O–H groups in total. The Morgan fingerprint density at radius 3 is 2.43 bits per heavy atom. The van der Waals surface area contributed by atoms with Gasteiger partial charge in [0.05, 0.1) is 5.69 Å². The fraction of sp³-hybridized carbons (Fsp3) is 0.267. The van der Waals surface area contributed by atoms with E-state index in [0.717, 1.165) is 12.0 Å². The molecule has 0 aliphatic carbocycles. The van der Waals surface area contributed by atoms with Crippen LogP contribution in [0.2, 0.25) is 0 Å². The highest BCUT2D eigenvalue weighted by Gasteiger charge is 2.19. The molecule has 0 atom stereocenters. The van der Waals surface area contributed by atoms with E-state index in [0.29, 0.717) is 17.9 Å². The number of benzene rings is 1. The van der Waals surface area contributed by atoms with Crippen LogP contribution in [0.3, 0.4) is 0 Å². The smallest absolute Gasteiger partial charge is 0.281 e. The Morgan fingerprint density at radius 1 is 1.10 bits per heavy atom. The van der Waals surface area contributed by atoms with E-state index in [2.05, 4.69) is 21.9 Å². The number of hydrogen-bond donors (Lipinski definition) is 2. The van der Waals surface area contributed by atoms with Crippen molar-refractivity contribution in [3.05, 3.63) is 48.2 Å². The summed E-state index contributed by atoms with van der Waals surface area (Å²) in [5, 5.41) is 3.01. The lowest BCUT2D eigenvalue weighted by atomic mass is 10.2. The van der Waals surface area contributed by atoms with E-state index < -0.39 is 10.0 Å². The molecule has 0 spiro atoms. The lowest BCUT2D eigenvalue weighted by Gasteiger charge is -2.12. The second-order valence-corrected chi connectivity index (χ2v) is 6.14. The molecule has 0 saturated carbocycles. The highest BCUT2D eigenvalue weighted by atomic mass is 32.2. The Labute approximate surface area is 125 Å². The quantitative estimate of drug-likeness (QED) is 0.861. The molecule has 0 aliphatic rings. The maximum Gasteiger partial charge on any atom is 0.281 e. The molecule has 0 bridgehead atoms. The third-order valence-electron chi connectivity index (χ3n) is 3.01. The molecule has 112 valence electrons. The third-order valence-corrected chi connectivity index (χ3v) is 4.35. The third kappa shape index (κ3) is 3.72. The van der Waals surface area contributed by atoms with Crippen LogP contribution in [0.15, 0.2) is 47.6 Å². The van der Waals surface area contributed by atoms with Crippen LogP contribution in [-0.4, -0.2) is 19.9 Å². The van der Waals surface area contributed by atoms with Crippen LogP contribution in [-0.2, 0) is 16.4 Å². The lowest BCUT2D eigenvalue weighted by molar-refractivity contribution is 0.598. The van der Waals surface area contributed by atoms with Crippen molar-refractivity contribution < 1.29 is 8.42 Å². The maximum absolute atomic E-state index is 12.4. The number of nitrogens with one attached hydrogen (secondary N) is 2. The molecule has 0 aliphatic heterocycles. The average Bonchev–Trinajstić information content (AvgIpc) is 2.48. The van der Waals surface area contributed by atoms with Crippen molar-refractivity contribution in [2.45, 2.75) is 25.3 Å². The molecule has 0 amide bonds. The fourth-order valence-corrected chi connectivity index (χ4v) is 3.11. The maximum atomic E-state index is 12.4. The predicted octanol–water partition coefficient (Wildman–Crippen LogP) is 2.88. The standard InChI is InChI=1S/C15H19N3O2S/c1-3-12-7-9-13(10-8-12)18-21(19,20)15-14(16-4-2)6-5-11-17-15/h5-11,16,18H,3-4H2,1-2H3. The summed E-state index contributed by atoms with van der Waals surface area (Å²) in [7, 11) is -3.71. The summed E-state index contributed by atoms with van der Waals surface area (Å²) < 4.78 is 27.4. The molecular weight excluding hydrogens is 286 g/mol. The van der Waals surface area contributed by atoms with Crippen molar-refractivity contribution in [1.82, 2.24) is 4.98 Å². The largest absolute Gasteiger partial charge is 0.383 e. The number of rotatable bonds is 6. The topological polar surface area (TPSA) is 71.1 Å². The van der Waals surface area contributed by atoms with Crippen molar-refractivity contribution in [3.8, 4) is 0 Å². The van der Waals surface area contributed by atoms with Gasteiger partial charge in [-0.3, -0.25) is 4.72 Å². The second-order valence-electron chi connectivity index (χ2n) is 4.54. The zero-order chi connectivity index (χ0) is 15.3. The number of aromatic nitrogens is 1. The van der Waals surface area contributed by atoms with E-state index in [-0.39, 0.29) is 5.03 Å². The van der Waals surface area contributed by atoms with Gasteiger partial charge >= 0.3 is 0 Å². The Morgan fingerprint density at radius 2 is 1.81 bits per heavy atom. The van der Waals surface area contributed by atoms with Crippen molar-refractivity contribution >= 4 is 21.4 Å². The van der Waals surface area contributed by atoms with Gasteiger partial charge in [-0.2, -0.15) is 8.42 Å². The Kier molecular flexibility index (Phi) is 4.80. The number of sulfonamides is 1. The highest BCUT2D eigenvalue weighted by Crippen LogP contribution is 2.21. The number of hydrogen-bond acceptors (Lipinski definition) is 4. The summed E-state index contributed by atoms with van der Waals surface area (Å²) >= 11 is 0. The molecule has 2 rings (SSSR count). The first-order valence-corrected chi connectivity index (χ1v) is 8.35. The Bertz CT molecular complexity index is 697. The van der Waals surface area contributed by atoms with Crippen LogP contribution < -0.4 is 10.0 Å². The minimum Gasteiger partial charge on any atom is -0.383 e. The molecule has 6 heteroatoms. The van der Waals surface area contributed by atoms with Crippen LogP contribution in [0, 0.1) is 0 Å². The van der Waals surface area contributed by atoms with Crippen LogP contribution in [0.4, 0.5) is 11.4 Å². The highest BCUT2D eigenvalue weighted by molar-refractivity contribution is 7.92. The van der Waals surface area contributed by atoms with Crippen molar-refractivity contribution in [2.24, 2.45) is 0 Å². The molecule has 1 aromatic heterocycles. The first-order valence-electron chi connectivity index (χ1n) is 6.87. The zero-order valence-electron chi connectivity index (χ0n) is 12.1. The van der Waals surface area contributed by atoms with Crippen molar-refractivity contribution in [2.75, 3.05) is 16.6 Å². The van der Waals surface area contributed by atoms with E-state index in [1.54, 1.807) is 24.3 Å². The normalized spacial score (nSPS) is 11.1. The monoisotopic (exact) mass is 305 g/mol. The summed E-state index contributed by atoms with van der Waals surface area (Å²) in [5.74, 6) is 0. The fourth-order valence-electron chi connectivity index (χ4n) is 1.94. The van der Waals surface area contributed by atoms with Crippen LogP contribution in [0.1, 0.15) is 19.4 Å². The molecule has 1 heterocycles.